The highest BCUT2D eigenvalue weighted by molar-refractivity contribution is 6.01. The minimum atomic E-state index is -1.11. The van der Waals surface area contributed by atoms with Crippen molar-refractivity contribution in [2.45, 2.75) is 45.4 Å². The minimum absolute atomic E-state index is 0.334. The number of esters is 2. The van der Waals surface area contributed by atoms with Gasteiger partial charge < -0.3 is 9.47 Å². The minimum Gasteiger partial charge on any atom is -0.468 e. The van der Waals surface area contributed by atoms with E-state index in [9.17, 15) is 9.59 Å². The molecule has 2 aliphatic rings. The number of carbonyl (C=O) groups excluding carboxylic acids is 2. The summed E-state index contributed by atoms with van der Waals surface area (Å²) >= 11 is 0. The average molecular weight is 266 g/mol. The van der Waals surface area contributed by atoms with Crippen LogP contribution in [-0.4, -0.2) is 26.2 Å². The van der Waals surface area contributed by atoms with E-state index in [4.69, 9.17) is 9.47 Å². The van der Waals surface area contributed by atoms with E-state index in [-0.39, 0.29) is 0 Å². The number of methoxy groups -OCH3 is 2. The van der Waals surface area contributed by atoms with E-state index in [0.29, 0.717) is 18.8 Å². The lowest BCUT2D eigenvalue weighted by atomic mass is 9.84. The van der Waals surface area contributed by atoms with Crippen LogP contribution in [0.25, 0.3) is 0 Å². The maximum Gasteiger partial charge on any atom is 0.323 e. The van der Waals surface area contributed by atoms with Crippen LogP contribution in [0.1, 0.15) is 45.4 Å². The molecule has 2 rings (SSSR count). The van der Waals surface area contributed by atoms with Crippen LogP contribution in [0.5, 0.6) is 0 Å². The smallest absolute Gasteiger partial charge is 0.323 e. The Hall–Kier alpha value is -1.32. The molecule has 0 aromatic heterocycles. The van der Waals surface area contributed by atoms with Crippen molar-refractivity contribution in [3.05, 3.63) is 11.1 Å². The number of hydrogen-bond acceptors (Lipinski definition) is 4. The Morgan fingerprint density at radius 1 is 1.16 bits per heavy atom. The lowest BCUT2D eigenvalue weighted by Gasteiger charge is -2.23. The highest BCUT2D eigenvalue weighted by Crippen LogP contribution is 2.51. The van der Waals surface area contributed by atoms with Crippen LogP contribution < -0.4 is 0 Å². The second kappa shape index (κ2) is 5.35. The van der Waals surface area contributed by atoms with Gasteiger partial charge in [-0.25, -0.2) is 0 Å². The van der Waals surface area contributed by atoms with Crippen LogP contribution >= 0.6 is 0 Å². The molecule has 0 radical (unpaired) electrons. The summed E-state index contributed by atoms with van der Waals surface area (Å²) < 4.78 is 9.74. The molecule has 0 aromatic rings. The predicted molar refractivity (Wildman–Crippen MR) is 70.4 cm³/mol. The Balaban J connectivity index is 2.39. The van der Waals surface area contributed by atoms with Crippen LogP contribution in [0.3, 0.4) is 0 Å². The third-order valence-corrected chi connectivity index (χ3v) is 4.63. The molecule has 1 unspecified atom stereocenters. The van der Waals surface area contributed by atoms with Gasteiger partial charge in [0.15, 0.2) is 5.41 Å². The zero-order chi connectivity index (χ0) is 14.0. The molecule has 0 aliphatic heterocycles. The van der Waals surface area contributed by atoms with E-state index in [1.165, 1.54) is 31.8 Å². The number of fused-ring (bicyclic) bond motifs is 1. The lowest BCUT2D eigenvalue weighted by Crippen LogP contribution is -2.39. The monoisotopic (exact) mass is 266 g/mol. The van der Waals surface area contributed by atoms with Crippen molar-refractivity contribution in [2.75, 3.05) is 14.2 Å². The van der Waals surface area contributed by atoms with Crippen LogP contribution in [0.2, 0.25) is 0 Å². The van der Waals surface area contributed by atoms with Crippen LogP contribution in [0, 0.1) is 11.3 Å². The van der Waals surface area contributed by atoms with Crippen molar-refractivity contribution in [1.29, 1.82) is 0 Å². The zero-order valence-corrected chi connectivity index (χ0v) is 12.0. The molecule has 0 N–H and O–H groups in total. The first-order valence-electron chi connectivity index (χ1n) is 6.90. The molecular formula is C15H22O4. The molecule has 2 aliphatic carbocycles. The molecule has 106 valence electrons. The second-order valence-electron chi connectivity index (χ2n) is 5.69. The van der Waals surface area contributed by atoms with Gasteiger partial charge in [0.1, 0.15) is 0 Å². The van der Waals surface area contributed by atoms with E-state index in [0.717, 1.165) is 19.3 Å². The number of carbonyl (C=O) groups is 2. The van der Waals surface area contributed by atoms with E-state index in [1.807, 2.05) is 0 Å². The summed E-state index contributed by atoms with van der Waals surface area (Å²) in [5.74, 6) is -0.568. The molecule has 1 atom stereocenters. The summed E-state index contributed by atoms with van der Waals surface area (Å²) in [6.45, 7) is 2.12. The van der Waals surface area contributed by atoms with Crippen molar-refractivity contribution < 1.29 is 19.1 Å². The third-order valence-electron chi connectivity index (χ3n) is 4.63. The van der Waals surface area contributed by atoms with Crippen LogP contribution in [0.15, 0.2) is 11.1 Å². The van der Waals surface area contributed by atoms with Gasteiger partial charge in [-0.05, 0) is 44.9 Å². The Morgan fingerprint density at radius 2 is 1.79 bits per heavy atom. The fourth-order valence-electron chi connectivity index (χ4n) is 3.59. The quantitative estimate of drug-likeness (QED) is 0.438. The summed E-state index contributed by atoms with van der Waals surface area (Å²) in [5, 5.41) is 0. The van der Waals surface area contributed by atoms with Crippen LogP contribution in [-0.2, 0) is 19.1 Å². The number of ether oxygens (including phenoxy) is 2. The van der Waals surface area contributed by atoms with Gasteiger partial charge in [-0.15, -0.1) is 0 Å². The Labute approximate surface area is 114 Å². The largest absolute Gasteiger partial charge is 0.468 e. The van der Waals surface area contributed by atoms with Gasteiger partial charge in [-0.3, -0.25) is 9.59 Å². The standard InChI is InChI=1S/C15H22O4/c1-10-6-4-5-7-11-8-15(9-12(10)11,13(16)18-2)14(17)19-3/h11H,4-9H2,1-3H3. The normalized spacial score (nSPS) is 25.5. The molecule has 4 nitrogen and oxygen atoms in total. The molecule has 0 bridgehead atoms. The summed E-state index contributed by atoms with van der Waals surface area (Å²) in [5.41, 5.74) is 1.52. The summed E-state index contributed by atoms with van der Waals surface area (Å²) in [6, 6.07) is 0. The Kier molecular flexibility index (Phi) is 3.97. The Bertz CT molecular complexity index is 406. The molecule has 0 aromatic carbocycles. The maximum atomic E-state index is 12.1. The highest BCUT2D eigenvalue weighted by atomic mass is 16.5. The van der Waals surface area contributed by atoms with Gasteiger partial charge in [0.05, 0.1) is 14.2 Å². The summed E-state index contributed by atoms with van der Waals surface area (Å²) in [4.78, 5) is 24.3. The molecule has 4 heteroatoms. The average Bonchev–Trinajstić information content (AvgIpc) is 2.74. The van der Waals surface area contributed by atoms with Crippen molar-refractivity contribution in [3.8, 4) is 0 Å². The van der Waals surface area contributed by atoms with Gasteiger partial charge in [-0.2, -0.15) is 0 Å². The lowest BCUT2D eigenvalue weighted by molar-refractivity contribution is -0.168. The first kappa shape index (κ1) is 14.1. The predicted octanol–water partition coefficient (Wildman–Crippen LogP) is 2.62. The van der Waals surface area contributed by atoms with Crippen molar-refractivity contribution in [2.24, 2.45) is 11.3 Å². The van der Waals surface area contributed by atoms with Gasteiger partial charge in [0.25, 0.3) is 0 Å². The van der Waals surface area contributed by atoms with Crippen molar-refractivity contribution in [3.63, 3.8) is 0 Å². The van der Waals surface area contributed by atoms with Crippen molar-refractivity contribution >= 4 is 11.9 Å². The Morgan fingerprint density at radius 3 is 2.37 bits per heavy atom. The van der Waals surface area contributed by atoms with Gasteiger partial charge in [-0.1, -0.05) is 17.6 Å². The second-order valence-corrected chi connectivity index (χ2v) is 5.69. The molecule has 0 heterocycles. The first-order valence-corrected chi connectivity index (χ1v) is 6.90. The number of rotatable bonds is 2. The van der Waals surface area contributed by atoms with Gasteiger partial charge >= 0.3 is 11.9 Å². The molecule has 0 saturated heterocycles. The van der Waals surface area contributed by atoms with E-state index in [2.05, 4.69) is 6.92 Å². The topological polar surface area (TPSA) is 52.6 Å². The number of allylic oxidation sites excluding steroid dienone is 2. The highest BCUT2D eigenvalue weighted by Gasteiger charge is 2.55. The SMILES string of the molecule is COC(=O)C1(C(=O)OC)CC2=C(C)CCCCC2C1. The van der Waals surface area contributed by atoms with E-state index in [1.54, 1.807) is 0 Å². The van der Waals surface area contributed by atoms with E-state index < -0.39 is 17.4 Å². The molecule has 0 amide bonds. The molecule has 19 heavy (non-hydrogen) atoms. The maximum absolute atomic E-state index is 12.1. The number of hydrogen-bond donors (Lipinski definition) is 0. The fraction of sp³-hybridized carbons (Fsp3) is 0.733. The van der Waals surface area contributed by atoms with E-state index >= 15 is 0 Å². The summed E-state index contributed by atoms with van der Waals surface area (Å²) in [6.07, 6.45) is 5.51. The molecule has 1 saturated carbocycles. The van der Waals surface area contributed by atoms with Crippen molar-refractivity contribution in [1.82, 2.24) is 0 Å². The van der Waals surface area contributed by atoms with Crippen LogP contribution in [0.4, 0.5) is 0 Å². The van der Waals surface area contributed by atoms with Gasteiger partial charge in [0.2, 0.25) is 0 Å². The summed E-state index contributed by atoms with van der Waals surface area (Å²) in [7, 11) is 2.67. The molecular weight excluding hydrogens is 244 g/mol. The molecule has 1 fully saturated rings. The fourth-order valence-corrected chi connectivity index (χ4v) is 3.59. The molecule has 0 spiro atoms. The zero-order valence-electron chi connectivity index (χ0n) is 12.0. The van der Waals surface area contributed by atoms with Gasteiger partial charge in [0, 0.05) is 0 Å². The first-order chi connectivity index (χ1) is 9.05. The third kappa shape index (κ3) is 2.28.